The number of carbonyl (C=O) groups excluding carboxylic acids is 1. The number of rotatable bonds is 4. The van der Waals surface area contributed by atoms with Gasteiger partial charge in [0.25, 0.3) is 0 Å². The van der Waals surface area contributed by atoms with Gasteiger partial charge in [-0.2, -0.15) is 0 Å². The molecule has 1 fully saturated rings. The normalized spacial score (nSPS) is 20.2. The van der Waals surface area contributed by atoms with Crippen LogP contribution in [-0.2, 0) is 11.2 Å². The van der Waals surface area contributed by atoms with Crippen molar-refractivity contribution in [3.8, 4) is 0 Å². The minimum atomic E-state index is -0.933. The van der Waals surface area contributed by atoms with Gasteiger partial charge in [-0.15, -0.1) is 0 Å². The molecule has 0 bridgehead atoms. The van der Waals surface area contributed by atoms with Crippen molar-refractivity contribution in [1.82, 2.24) is 4.90 Å². The molecule has 0 spiro atoms. The van der Waals surface area contributed by atoms with E-state index in [1.807, 2.05) is 0 Å². The van der Waals surface area contributed by atoms with Crippen LogP contribution in [-0.4, -0.2) is 34.6 Å². The van der Waals surface area contributed by atoms with Crippen molar-refractivity contribution in [3.05, 3.63) is 35.4 Å². The minimum absolute atomic E-state index is 0.0489. The van der Waals surface area contributed by atoms with Gasteiger partial charge in [0.1, 0.15) is 0 Å². The second-order valence-electron chi connectivity index (χ2n) is 5.39. The monoisotopic (exact) mass is 283 g/mol. The lowest BCUT2D eigenvalue weighted by molar-refractivity contribution is -0.131. The van der Waals surface area contributed by atoms with Gasteiger partial charge in [0, 0.05) is 12.6 Å². The van der Waals surface area contributed by atoms with E-state index in [1.54, 1.807) is 11.8 Å². The highest BCUT2D eigenvalue weighted by Gasteiger charge is 2.29. The summed E-state index contributed by atoms with van der Waals surface area (Å²) in [7, 11) is 0. The maximum atomic E-state index is 13.1. The molecule has 20 heavy (non-hydrogen) atoms. The average Bonchev–Trinajstić information content (AvgIpc) is 2.81. The van der Waals surface area contributed by atoms with Crippen molar-refractivity contribution in [1.29, 1.82) is 0 Å². The first kappa shape index (κ1) is 14.9. The van der Waals surface area contributed by atoms with Gasteiger partial charge in [0.05, 0.1) is 12.5 Å². The topological polar surface area (TPSA) is 40.5 Å². The molecule has 2 unspecified atom stereocenters. The molecule has 2 atom stereocenters. The Hall–Kier alpha value is -1.49. The van der Waals surface area contributed by atoms with Gasteiger partial charge in [0.2, 0.25) is 5.91 Å². The molecular weight excluding hydrogens is 264 g/mol. The summed E-state index contributed by atoms with van der Waals surface area (Å²) < 4.78 is 26.0. The number of aliphatic hydroxyl groups is 1. The van der Waals surface area contributed by atoms with Crippen molar-refractivity contribution < 1.29 is 18.7 Å². The van der Waals surface area contributed by atoms with Crippen LogP contribution in [0.1, 0.15) is 31.7 Å². The van der Waals surface area contributed by atoms with Gasteiger partial charge in [-0.1, -0.05) is 6.07 Å². The lowest BCUT2D eigenvalue weighted by atomic mass is 10.1. The fourth-order valence-electron chi connectivity index (χ4n) is 2.73. The number of hydrogen-bond acceptors (Lipinski definition) is 2. The van der Waals surface area contributed by atoms with Crippen molar-refractivity contribution in [2.45, 2.75) is 44.8 Å². The summed E-state index contributed by atoms with van der Waals surface area (Å²) in [4.78, 5) is 14.0. The van der Waals surface area contributed by atoms with Gasteiger partial charge in [0.15, 0.2) is 11.6 Å². The SMILES string of the molecule is CC(O)CC1CCCN1C(=O)Cc1ccc(F)c(F)c1. The first-order chi connectivity index (χ1) is 9.47. The number of benzene rings is 1. The number of amides is 1. The summed E-state index contributed by atoms with van der Waals surface area (Å²) >= 11 is 0. The number of hydrogen-bond donors (Lipinski definition) is 1. The zero-order chi connectivity index (χ0) is 14.7. The molecular formula is C15H19F2NO2. The van der Waals surface area contributed by atoms with E-state index in [0.29, 0.717) is 18.5 Å². The van der Waals surface area contributed by atoms with E-state index in [2.05, 4.69) is 0 Å². The first-order valence-corrected chi connectivity index (χ1v) is 6.89. The van der Waals surface area contributed by atoms with Crippen LogP contribution in [0, 0.1) is 11.6 Å². The van der Waals surface area contributed by atoms with E-state index in [9.17, 15) is 18.7 Å². The van der Waals surface area contributed by atoms with Gasteiger partial charge in [-0.25, -0.2) is 8.78 Å². The Bertz CT molecular complexity index is 491. The molecule has 1 saturated heterocycles. The van der Waals surface area contributed by atoms with E-state index >= 15 is 0 Å². The van der Waals surface area contributed by atoms with E-state index in [1.165, 1.54) is 6.07 Å². The standard InChI is InChI=1S/C15H19F2NO2/c1-10(19)7-12-3-2-6-18(12)15(20)9-11-4-5-13(16)14(17)8-11/h4-5,8,10,12,19H,2-3,6-7,9H2,1H3. The molecule has 0 saturated carbocycles. The van der Waals surface area contributed by atoms with Crippen LogP contribution >= 0.6 is 0 Å². The fraction of sp³-hybridized carbons (Fsp3) is 0.533. The van der Waals surface area contributed by atoms with E-state index in [-0.39, 0.29) is 18.4 Å². The molecule has 1 aliphatic heterocycles. The van der Waals surface area contributed by atoms with Gasteiger partial charge < -0.3 is 10.0 Å². The molecule has 0 radical (unpaired) electrons. The predicted molar refractivity (Wildman–Crippen MR) is 71.1 cm³/mol. The molecule has 1 aromatic rings. The molecule has 1 aliphatic rings. The molecule has 1 aromatic carbocycles. The van der Waals surface area contributed by atoms with Crippen LogP contribution < -0.4 is 0 Å². The van der Waals surface area contributed by atoms with Crippen LogP contribution in [0.5, 0.6) is 0 Å². The largest absolute Gasteiger partial charge is 0.393 e. The minimum Gasteiger partial charge on any atom is -0.393 e. The van der Waals surface area contributed by atoms with Crippen molar-refractivity contribution in [2.24, 2.45) is 0 Å². The third kappa shape index (κ3) is 3.54. The van der Waals surface area contributed by atoms with E-state index in [0.717, 1.165) is 25.0 Å². The maximum absolute atomic E-state index is 13.1. The Morgan fingerprint density at radius 1 is 1.45 bits per heavy atom. The fourth-order valence-corrected chi connectivity index (χ4v) is 2.73. The molecule has 0 aliphatic carbocycles. The third-order valence-corrected chi connectivity index (χ3v) is 3.65. The van der Waals surface area contributed by atoms with Crippen LogP contribution in [0.25, 0.3) is 0 Å². The zero-order valence-electron chi connectivity index (χ0n) is 11.5. The van der Waals surface area contributed by atoms with Crippen LogP contribution in [0.2, 0.25) is 0 Å². The first-order valence-electron chi connectivity index (χ1n) is 6.89. The van der Waals surface area contributed by atoms with Gasteiger partial charge >= 0.3 is 0 Å². The lowest BCUT2D eigenvalue weighted by Crippen LogP contribution is -2.38. The maximum Gasteiger partial charge on any atom is 0.227 e. The quantitative estimate of drug-likeness (QED) is 0.921. The Morgan fingerprint density at radius 2 is 2.20 bits per heavy atom. The Labute approximate surface area is 117 Å². The van der Waals surface area contributed by atoms with Crippen LogP contribution in [0.4, 0.5) is 8.78 Å². The Morgan fingerprint density at radius 3 is 2.85 bits per heavy atom. The predicted octanol–water partition coefficient (Wildman–Crippen LogP) is 2.27. The Balaban J connectivity index is 2.01. The molecule has 2 rings (SSSR count). The molecule has 3 nitrogen and oxygen atoms in total. The third-order valence-electron chi connectivity index (χ3n) is 3.65. The second kappa shape index (κ2) is 6.31. The molecule has 110 valence electrons. The van der Waals surface area contributed by atoms with E-state index < -0.39 is 17.7 Å². The van der Waals surface area contributed by atoms with E-state index in [4.69, 9.17) is 0 Å². The van der Waals surface area contributed by atoms with Crippen LogP contribution in [0.3, 0.4) is 0 Å². The summed E-state index contributed by atoms with van der Waals surface area (Å²) in [5, 5.41) is 9.44. The van der Waals surface area contributed by atoms with Crippen molar-refractivity contribution in [2.75, 3.05) is 6.54 Å². The molecule has 5 heteroatoms. The highest BCUT2D eigenvalue weighted by Crippen LogP contribution is 2.22. The molecule has 1 heterocycles. The molecule has 1 N–H and O–H groups in total. The number of aliphatic hydroxyl groups excluding tert-OH is 1. The summed E-state index contributed by atoms with van der Waals surface area (Å²) in [6.45, 7) is 2.37. The second-order valence-corrected chi connectivity index (χ2v) is 5.39. The number of carbonyl (C=O) groups is 1. The van der Waals surface area contributed by atoms with Gasteiger partial charge in [-0.3, -0.25) is 4.79 Å². The lowest BCUT2D eigenvalue weighted by Gasteiger charge is -2.25. The number of likely N-dealkylation sites (tertiary alicyclic amines) is 1. The van der Waals surface area contributed by atoms with Crippen molar-refractivity contribution >= 4 is 5.91 Å². The van der Waals surface area contributed by atoms with Gasteiger partial charge in [-0.05, 0) is 43.9 Å². The van der Waals surface area contributed by atoms with Crippen LogP contribution in [0.15, 0.2) is 18.2 Å². The summed E-state index contributed by atoms with van der Waals surface area (Å²) in [5.41, 5.74) is 0.469. The summed E-state index contributed by atoms with van der Waals surface area (Å²) in [6.07, 6.45) is 1.98. The number of halogens is 2. The van der Waals surface area contributed by atoms with Crippen molar-refractivity contribution in [3.63, 3.8) is 0 Å². The molecule has 1 amide bonds. The Kier molecular flexibility index (Phi) is 4.70. The summed E-state index contributed by atoms with van der Waals surface area (Å²) in [5.74, 6) is -1.94. The smallest absolute Gasteiger partial charge is 0.227 e. The number of nitrogens with zero attached hydrogens (tertiary/aromatic N) is 1. The summed E-state index contributed by atoms with van der Waals surface area (Å²) in [6, 6.07) is 3.57. The zero-order valence-corrected chi connectivity index (χ0v) is 11.5. The molecule has 0 aromatic heterocycles. The highest BCUT2D eigenvalue weighted by molar-refractivity contribution is 5.79. The average molecular weight is 283 g/mol. The highest BCUT2D eigenvalue weighted by atomic mass is 19.2.